The van der Waals surface area contributed by atoms with Crippen LogP contribution >= 0.6 is 0 Å². The molecule has 0 aliphatic carbocycles. The van der Waals surface area contributed by atoms with Crippen molar-refractivity contribution in [2.24, 2.45) is 23.5 Å². The van der Waals surface area contributed by atoms with Gasteiger partial charge >= 0.3 is 5.97 Å². The van der Waals surface area contributed by atoms with Crippen molar-refractivity contribution in [1.82, 2.24) is 0 Å². The van der Waals surface area contributed by atoms with Gasteiger partial charge in [-0.15, -0.1) is 0 Å². The molecule has 0 saturated heterocycles. The molecule has 0 bridgehead atoms. The maximum absolute atomic E-state index is 11.8. The van der Waals surface area contributed by atoms with Gasteiger partial charge in [-0.3, -0.25) is 9.59 Å². The Morgan fingerprint density at radius 3 is 1.88 bits per heavy atom. The zero-order valence-corrected chi connectivity index (χ0v) is 11.3. The Labute approximate surface area is 104 Å². The summed E-state index contributed by atoms with van der Waals surface area (Å²) in [5, 5.41) is 9.04. The predicted molar refractivity (Wildman–Crippen MR) is 67.6 cm³/mol. The smallest absolute Gasteiger partial charge is 0.306 e. The average molecular weight is 243 g/mol. The van der Waals surface area contributed by atoms with Crippen LogP contribution in [0.4, 0.5) is 0 Å². The SMILES string of the molecule is CC(C)CC(N)C(=O)CC(CC(C)C)C(=O)O. The lowest BCUT2D eigenvalue weighted by atomic mass is 9.89. The number of carbonyl (C=O) groups is 2. The fourth-order valence-electron chi connectivity index (χ4n) is 1.87. The normalized spacial score (nSPS) is 15.0. The first-order valence-corrected chi connectivity index (χ1v) is 6.25. The van der Waals surface area contributed by atoms with E-state index in [1.807, 2.05) is 27.7 Å². The van der Waals surface area contributed by atoms with Gasteiger partial charge in [0, 0.05) is 6.42 Å². The summed E-state index contributed by atoms with van der Waals surface area (Å²) in [5.41, 5.74) is 5.75. The Morgan fingerprint density at radius 2 is 1.53 bits per heavy atom. The van der Waals surface area contributed by atoms with Gasteiger partial charge in [-0.2, -0.15) is 0 Å². The summed E-state index contributed by atoms with van der Waals surface area (Å²) in [6, 6.07) is -0.524. The third kappa shape index (κ3) is 7.10. The molecule has 0 radical (unpaired) electrons. The zero-order chi connectivity index (χ0) is 13.6. The second-order valence-corrected chi connectivity index (χ2v) is 5.57. The van der Waals surface area contributed by atoms with Crippen LogP contribution in [0.25, 0.3) is 0 Å². The van der Waals surface area contributed by atoms with Crippen LogP contribution in [0.5, 0.6) is 0 Å². The third-order valence-electron chi connectivity index (χ3n) is 2.69. The van der Waals surface area contributed by atoms with Crippen molar-refractivity contribution in [3.63, 3.8) is 0 Å². The van der Waals surface area contributed by atoms with Crippen LogP contribution in [0.1, 0.15) is 47.0 Å². The molecule has 2 unspecified atom stereocenters. The minimum absolute atomic E-state index is 0.0569. The number of rotatable bonds is 8. The number of hydrogen-bond donors (Lipinski definition) is 2. The van der Waals surface area contributed by atoms with Gasteiger partial charge in [-0.05, 0) is 24.7 Å². The van der Waals surface area contributed by atoms with E-state index in [1.54, 1.807) is 0 Å². The average Bonchev–Trinajstić information content (AvgIpc) is 2.14. The van der Waals surface area contributed by atoms with E-state index < -0.39 is 17.9 Å². The van der Waals surface area contributed by atoms with Crippen LogP contribution in [-0.4, -0.2) is 22.9 Å². The van der Waals surface area contributed by atoms with Crippen molar-refractivity contribution >= 4 is 11.8 Å². The second-order valence-electron chi connectivity index (χ2n) is 5.57. The summed E-state index contributed by atoms with van der Waals surface area (Å²) in [5.74, 6) is -1.01. The number of carboxylic acids is 1. The van der Waals surface area contributed by atoms with Crippen LogP contribution < -0.4 is 5.73 Å². The molecular formula is C13H25NO3. The monoisotopic (exact) mass is 243 g/mol. The van der Waals surface area contributed by atoms with Crippen molar-refractivity contribution < 1.29 is 14.7 Å². The zero-order valence-electron chi connectivity index (χ0n) is 11.3. The maximum atomic E-state index is 11.8. The Balaban J connectivity index is 4.35. The predicted octanol–water partition coefficient (Wildman–Crippen LogP) is 2.07. The maximum Gasteiger partial charge on any atom is 0.306 e. The summed E-state index contributed by atoms with van der Waals surface area (Å²) >= 11 is 0. The number of Topliss-reactive ketones (excluding diaryl/α,β-unsaturated/α-hetero) is 1. The van der Waals surface area contributed by atoms with Crippen molar-refractivity contribution in [2.75, 3.05) is 0 Å². The fraction of sp³-hybridized carbons (Fsp3) is 0.846. The van der Waals surface area contributed by atoms with Gasteiger partial charge in [0.1, 0.15) is 5.78 Å². The number of ketones is 1. The van der Waals surface area contributed by atoms with Gasteiger partial charge < -0.3 is 10.8 Å². The molecule has 17 heavy (non-hydrogen) atoms. The molecule has 0 rings (SSSR count). The van der Waals surface area contributed by atoms with E-state index in [0.29, 0.717) is 18.8 Å². The number of aliphatic carboxylic acids is 1. The number of nitrogens with two attached hydrogens (primary N) is 1. The van der Waals surface area contributed by atoms with E-state index >= 15 is 0 Å². The van der Waals surface area contributed by atoms with Gasteiger partial charge in [-0.25, -0.2) is 0 Å². The first-order chi connectivity index (χ1) is 7.73. The van der Waals surface area contributed by atoms with Crippen molar-refractivity contribution in [1.29, 1.82) is 0 Å². The quantitative estimate of drug-likeness (QED) is 0.684. The highest BCUT2D eigenvalue weighted by Crippen LogP contribution is 2.18. The topological polar surface area (TPSA) is 80.4 Å². The lowest BCUT2D eigenvalue weighted by Gasteiger charge is -2.17. The van der Waals surface area contributed by atoms with E-state index in [9.17, 15) is 9.59 Å². The molecule has 0 heterocycles. The molecule has 2 atom stereocenters. The molecule has 0 aromatic heterocycles. The van der Waals surface area contributed by atoms with Gasteiger partial charge in [0.15, 0.2) is 0 Å². The highest BCUT2D eigenvalue weighted by atomic mass is 16.4. The Morgan fingerprint density at radius 1 is 1.06 bits per heavy atom. The number of carbonyl (C=O) groups excluding carboxylic acids is 1. The van der Waals surface area contributed by atoms with E-state index in [4.69, 9.17) is 10.8 Å². The van der Waals surface area contributed by atoms with Crippen molar-refractivity contribution in [3.8, 4) is 0 Å². The van der Waals surface area contributed by atoms with E-state index in [2.05, 4.69) is 0 Å². The van der Waals surface area contributed by atoms with E-state index in [0.717, 1.165) is 0 Å². The summed E-state index contributed by atoms with van der Waals surface area (Å²) in [4.78, 5) is 22.8. The molecule has 0 aromatic rings. The molecule has 0 aliphatic rings. The largest absolute Gasteiger partial charge is 0.481 e. The molecule has 100 valence electrons. The Bertz CT molecular complexity index is 261. The first-order valence-electron chi connectivity index (χ1n) is 6.25. The Hall–Kier alpha value is -0.900. The van der Waals surface area contributed by atoms with E-state index in [1.165, 1.54) is 0 Å². The van der Waals surface area contributed by atoms with Gasteiger partial charge in [0.05, 0.1) is 12.0 Å². The lowest BCUT2D eigenvalue weighted by Crippen LogP contribution is -2.34. The van der Waals surface area contributed by atoms with Crippen LogP contribution in [-0.2, 0) is 9.59 Å². The molecule has 0 aliphatic heterocycles. The standard InChI is InChI=1S/C13H25NO3/c1-8(2)5-10(13(16)17)7-12(15)11(14)6-9(3)4/h8-11H,5-7,14H2,1-4H3,(H,16,17). The molecule has 4 nitrogen and oxygen atoms in total. The number of hydrogen-bond acceptors (Lipinski definition) is 3. The molecule has 3 N–H and O–H groups in total. The highest BCUT2D eigenvalue weighted by molar-refractivity contribution is 5.87. The second kappa shape index (κ2) is 7.43. The van der Waals surface area contributed by atoms with Crippen LogP contribution in [0.3, 0.4) is 0 Å². The molecule has 0 fully saturated rings. The van der Waals surface area contributed by atoms with Crippen molar-refractivity contribution in [2.45, 2.75) is 53.0 Å². The van der Waals surface area contributed by atoms with Crippen LogP contribution in [0.2, 0.25) is 0 Å². The molecule has 0 amide bonds. The summed E-state index contributed by atoms with van der Waals surface area (Å²) in [6.07, 6.45) is 1.20. The fourth-order valence-corrected chi connectivity index (χ4v) is 1.87. The molecule has 0 spiro atoms. The molecule has 0 saturated carbocycles. The number of carboxylic acid groups (broad SMARTS) is 1. The lowest BCUT2D eigenvalue weighted by molar-refractivity contribution is -0.144. The van der Waals surface area contributed by atoms with E-state index in [-0.39, 0.29) is 18.1 Å². The highest BCUT2D eigenvalue weighted by Gasteiger charge is 2.25. The van der Waals surface area contributed by atoms with Crippen LogP contribution in [0.15, 0.2) is 0 Å². The molecular weight excluding hydrogens is 218 g/mol. The minimum atomic E-state index is -0.899. The summed E-state index contributed by atoms with van der Waals surface area (Å²) in [6.45, 7) is 7.90. The minimum Gasteiger partial charge on any atom is -0.481 e. The van der Waals surface area contributed by atoms with Gasteiger partial charge in [-0.1, -0.05) is 27.7 Å². The van der Waals surface area contributed by atoms with Crippen molar-refractivity contribution in [3.05, 3.63) is 0 Å². The van der Waals surface area contributed by atoms with Gasteiger partial charge in [0.2, 0.25) is 0 Å². The van der Waals surface area contributed by atoms with Gasteiger partial charge in [0.25, 0.3) is 0 Å². The third-order valence-corrected chi connectivity index (χ3v) is 2.69. The Kier molecular flexibility index (Phi) is 7.04. The first kappa shape index (κ1) is 16.1. The molecule has 0 aromatic carbocycles. The van der Waals surface area contributed by atoms with Crippen LogP contribution in [0, 0.1) is 17.8 Å². The summed E-state index contributed by atoms with van der Waals surface area (Å²) in [7, 11) is 0. The molecule has 4 heteroatoms. The summed E-state index contributed by atoms with van der Waals surface area (Å²) < 4.78 is 0.